The second-order valence-electron chi connectivity index (χ2n) is 6.01. The van der Waals surface area contributed by atoms with Gasteiger partial charge < -0.3 is 10.0 Å². The number of carboxylic acid groups (broad SMARTS) is 1. The van der Waals surface area contributed by atoms with Gasteiger partial charge >= 0.3 is 5.97 Å². The van der Waals surface area contributed by atoms with Crippen LogP contribution in [0.5, 0.6) is 0 Å². The highest BCUT2D eigenvalue weighted by molar-refractivity contribution is 7.21. The number of aliphatic carboxylic acids is 1. The molecule has 0 saturated carbocycles. The Hall–Kier alpha value is -1.95. The lowest BCUT2D eigenvalue weighted by atomic mass is 9.90. The maximum atomic E-state index is 13.9. The molecular formula is C16H16FNO3S. The minimum atomic E-state index is -0.897. The lowest BCUT2D eigenvalue weighted by molar-refractivity contribution is -0.147. The van der Waals surface area contributed by atoms with Gasteiger partial charge in [-0.25, -0.2) is 4.39 Å². The molecule has 0 radical (unpaired) electrons. The van der Waals surface area contributed by atoms with Crippen molar-refractivity contribution in [2.45, 2.75) is 20.3 Å². The number of carboxylic acids is 1. The predicted octanol–water partition coefficient (Wildman–Crippen LogP) is 3.29. The van der Waals surface area contributed by atoms with Crippen LogP contribution in [-0.4, -0.2) is 35.0 Å². The predicted molar refractivity (Wildman–Crippen MR) is 82.8 cm³/mol. The van der Waals surface area contributed by atoms with Gasteiger partial charge in [-0.2, -0.15) is 0 Å². The summed E-state index contributed by atoms with van der Waals surface area (Å²) in [7, 11) is 0. The zero-order valence-corrected chi connectivity index (χ0v) is 13.2. The third kappa shape index (κ3) is 2.18. The van der Waals surface area contributed by atoms with E-state index in [0.29, 0.717) is 28.8 Å². The number of thiophene rings is 1. The molecule has 1 aromatic heterocycles. The quantitative estimate of drug-likeness (QED) is 0.923. The molecule has 1 aliphatic rings. The van der Waals surface area contributed by atoms with Gasteiger partial charge in [0.1, 0.15) is 5.82 Å². The number of amides is 1. The molecule has 4 nitrogen and oxygen atoms in total. The van der Waals surface area contributed by atoms with Crippen LogP contribution in [0.25, 0.3) is 10.1 Å². The van der Waals surface area contributed by atoms with Crippen molar-refractivity contribution >= 4 is 33.3 Å². The fraction of sp³-hybridized carbons (Fsp3) is 0.375. The summed E-state index contributed by atoms with van der Waals surface area (Å²) in [6.07, 6.45) is 0.437. The molecule has 1 atom stereocenters. The van der Waals surface area contributed by atoms with Crippen LogP contribution >= 0.6 is 11.3 Å². The number of rotatable bonds is 2. The standard InChI is InChI=1S/C16H16FNO3S/c1-9-12-10(17)4-3-5-11(12)22-13(9)14(19)18-7-6-16(2,8-18)15(20)21/h3-5H,6-8H2,1-2H3,(H,20,21). The van der Waals surface area contributed by atoms with Crippen molar-refractivity contribution in [1.29, 1.82) is 0 Å². The zero-order chi connectivity index (χ0) is 16.1. The Labute approximate surface area is 131 Å². The Morgan fingerprint density at radius 1 is 1.41 bits per heavy atom. The number of hydrogen-bond donors (Lipinski definition) is 1. The molecule has 2 aromatic rings. The Kier molecular flexibility index (Phi) is 3.44. The fourth-order valence-electron chi connectivity index (χ4n) is 2.91. The number of nitrogens with zero attached hydrogens (tertiary/aromatic N) is 1. The van der Waals surface area contributed by atoms with E-state index in [1.165, 1.54) is 17.4 Å². The van der Waals surface area contributed by atoms with E-state index in [1.54, 1.807) is 30.9 Å². The van der Waals surface area contributed by atoms with Crippen LogP contribution in [0.15, 0.2) is 18.2 Å². The molecule has 1 aliphatic heterocycles. The molecule has 1 N–H and O–H groups in total. The summed E-state index contributed by atoms with van der Waals surface area (Å²) in [5.74, 6) is -1.42. The number of benzene rings is 1. The number of fused-ring (bicyclic) bond motifs is 1. The van der Waals surface area contributed by atoms with Crippen LogP contribution < -0.4 is 0 Å². The molecule has 1 unspecified atom stereocenters. The number of carbonyl (C=O) groups excluding carboxylic acids is 1. The average molecular weight is 321 g/mol. The van der Waals surface area contributed by atoms with Crippen LogP contribution in [-0.2, 0) is 4.79 Å². The molecule has 2 heterocycles. The molecule has 22 heavy (non-hydrogen) atoms. The summed E-state index contributed by atoms with van der Waals surface area (Å²) in [4.78, 5) is 26.0. The van der Waals surface area contributed by atoms with Crippen molar-refractivity contribution in [1.82, 2.24) is 4.90 Å². The van der Waals surface area contributed by atoms with Crippen molar-refractivity contribution < 1.29 is 19.1 Å². The Balaban J connectivity index is 1.96. The first-order chi connectivity index (χ1) is 10.3. The van der Waals surface area contributed by atoms with Crippen molar-refractivity contribution in [3.05, 3.63) is 34.5 Å². The van der Waals surface area contributed by atoms with Crippen LogP contribution in [0.3, 0.4) is 0 Å². The lowest BCUT2D eigenvalue weighted by Crippen LogP contribution is -2.34. The summed E-state index contributed by atoms with van der Waals surface area (Å²) >= 11 is 1.26. The Morgan fingerprint density at radius 2 is 2.14 bits per heavy atom. The summed E-state index contributed by atoms with van der Waals surface area (Å²) in [5, 5.41) is 9.75. The first kappa shape index (κ1) is 15.0. The number of carbonyl (C=O) groups is 2. The molecule has 6 heteroatoms. The van der Waals surface area contributed by atoms with E-state index in [2.05, 4.69) is 0 Å². The summed E-state index contributed by atoms with van der Waals surface area (Å²) in [6.45, 7) is 4.00. The van der Waals surface area contributed by atoms with Crippen LogP contribution in [0.4, 0.5) is 4.39 Å². The molecule has 0 bridgehead atoms. The highest BCUT2D eigenvalue weighted by Crippen LogP contribution is 2.36. The van der Waals surface area contributed by atoms with Crippen LogP contribution in [0.2, 0.25) is 0 Å². The Bertz CT molecular complexity index is 785. The number of hydrogen-bond acceptors (Lipinski definition) is 3. The van der Waals surface area contributed by atoms with Gasteiger partial charge in [-0.3, -0.25) is 9.59 Å². The second-order valence-corrected chi connectivity index (χ2v) is 7.06. The van der Waals surface area contributed by atoms with Gasteiger partial charge in [0, 0.05) is 23.2 Å². The lowest BCUT2D eigenvalue weighted by Gasteiger charge is -2.20. The van der Waals surface area contributed by atoms with Crippen molar-refractivity contribution in [2.24, 2.45) is 5.41 Å². The number of likely N-dealkylation sites (tertiary alicyclic amines) is 1. The molecular weight excluding hydrogens is 305 g/mol. The average Bonchev–Trinajstić information content (AvgIpc) is 3.02. The summed E-state index contributed by atoms with van der Waals surface area (Å²) in [6, 6.07) is 4.80. The normalized spacial score (nSPS) is 21.5. The van der Waals surface area contributed by atoms with Crippen LogP contribution in [0.1, 0.15) is 28.6 Å². The molecule has 1 amide bonds. The van der Waals surface area contributed by atoms with E-state index in [1.807, 2.05) is 0 Å². The minimum Gasteiger partial charge on any atom is -0.481 e. The maximum absolute atomic E-state index is 13.9. The molecule has 1 aromatic carbocycles. The number of aryl methyl sites for hydroxylation is 1. The second kappa shape index (κ2) is 5.05. The van der Waals surface area contributed by atoms with Gasteiger partial charge in [0.05, 0.1) is 10.3 Å². The van der Waals surface area contributed by atoms with Crippen molar-refractivity contribution in [2.75, 3.05) is 13.1 Å². The molecule has 1 saturated heterocycles. The van der Waals surface area contributed by atoms with Gasteiger partial charge in [-0.15, -0.1) is 11.3 Å². The highest BCUT2D eigenvalue weighted by Gasteiger charge is 2.42. The third-order valence-corrected chi connectivity index (χ3v) is 5.62. The van der Waals surface area contributed by atoms with E-state index in [4.69, 9.17) is 0 Å². The smallest absolute Gasteiger partial charge is 0.311 e. The first-order valence-electron chi connectivity index (χ1n) is 7.04. The van der Waals surface area contributed by atoms with Gasteiger partial charge in [0.2, 0.25) is 0 Å². The monoisotopic (exact) mass is 321 g/mol. The molecule has 116 valence electrons. The molecule has 0 aliphatic carbocycles. The Morgan fingerprint density at radius 3 is 2.73 bits per heavy atom. The third-order valence-electron chi connectivity index (χ3n) is 4.37. The van der Waals surface area contributed by atoms with E-state index >= 15 is 0 Å². The molecule has 3 rings (SSSR count). The van der Waals surface area contributed by atoms with E-state index < -0.39 is 11.4 Å². The van der Waals surface area contributed by atoms with Crippen LogP contribution in [0, 0.1) is 18.2 Å². The summed E-state index contributed by atoms with van der Waals surface area (Å²) < 4.78 is 14.7. The molecule has 1 fully saturated rings. The summed E-state index contributed by atoms with van der Waals surface area (Å²) in [5.41, 5.74) is -0.266. The van der Waals surface area contributed by atoms with Crippen molar-refractivity contribution in [3.63, 3.8) is 0 Å². The first-order valence-corrected chi connectivity index (χ1v) is 7.85. The van der Waals surface area contributed by atoms with Gasteiger partial charge in [0.25, 0.3) is 5.91 Å². The van der Waals surface area contributed by atoms with Crippen molar-refractivity contribution in [3.8, 4) is 0 Å². The maximum Gasteiger partial charge on any atom is 0.311 e. The molecule has 0 spiro atoms. The highest BCUT2D eigenvalue weighted by atomic mass is 32.1. The van der Waals surface area contributed by atoms with E-state index in [-0.39, 0.29) is 18.3 Å². The van der Waals surface area contributed by atoms with Gasteiger partial charge in [-0.1, -0.05) is 6.07 Å². The number of halogens is 1. The van der Waals surface area contributed by atoms with E-state index in [0.717, 1.165) is 4.70 Å². The minimum absolute atomic E-state index is 0.192. The SMILES string of the molecule is Cc1c(C(=O)N2CCC(C)(C(=O)O)C2)sc2cccc(F)c12. The van der Waals surface area contributed by atoms with Gasteiger partial charge in [0.15, 0.2) is 0 Å². The topological polar surface area (TPSA) is 57.6 Å². The van der Waals surface area contributed by atoms with Gasteiger partial charge in [-0.05, 0) is 38.0 Å². The largest absolute Gasteiger partial charge is 0.481 e. The fourth-order valence-corrected chi connectivity index (χ4v) is 4.10. The van der Waals surface area contributed by atoms with E-state index in [9.17, 15) is 19.1 Å². The zero-order valence-electron chi connectivity index (χ0n) is 12.4.